The van der Waals surface area contributed by atoms with Gasteiger partial charge in [0, 0.05) is 13.1 Å². The van der Waals surface area contributed by atoms with Crippen molar-refractivity contribution in [1.29, 1.82) is 0 Å². The fourth-order valence-corrected chi connectivity index (χ4v) is 3.81. The number of ether oxygens (including phenoxy) is 2. The van der Waals surface area contributed by atoms with Crippen LogP contribution in [0.5, 0.6) is 5.75 Å². The summed E-state index contributed by atoms with van der Waals surface area (Å²) in [6.07, 6.45) is -2.79. The molecule has 0 radical (unpaired) electrons. The van der Waals surface area contributed by atoms with Gasteiger partial charge in [0.1, 0.15) is 17.1 Å². The Morgan fingerprint density at radius 2 is 1.89 bits per heavy atom. The molecule has 3 N–H and O–H groups in total. The van der Waals surface area contributed by atoms with Crippen LogP contribution >= 0.6 is 0 Å². The van der Waals surface area contributed by atoms with Gasteiger partial charge in [0.25, 0.3) is 6.43 Å². The number of imidazole rings is 1. The first-order valence-corrected chi connectivity index (χ1v) is 11.1. The van der Waals surface area contributed by atoms with E-state index in [0.717, 1.165) is 0 Å². The van der Waals surface area contributed by atoms with Crippen LogP contribution in [0.4, 0.5) is 37.0 Å². The van der Waals surface area contributed by atoms with Gasteiger partial charge < -0.3 is 24.8 Å². The molecule has 5 rings (SSSR count). The van der Waals surface area contributed by atoms with Crippen molar-refractivity contribution in [3.8, 4) is 11.7 Å². The number of alkyl halides is 2. The number of para-hydroxylation sites is 1. The van der Waals surface area contributed by atoms with E-state index in [9.17, 15) is 13.6 Å². The molecular formula is C22H21F2N9O4. The highest BCUT2D eigenvalue weighted by Gasteiger charge is 2.25. The Morgan fingerprint density at radius 1 is 1.11 bits per heavy atom. The average Bonchev–Trinajstić information content (AvgIpc) is 3.30. The zero-order valence-electron chi connectivity index (χ0n) is 19.4. The van der Waals surface area contributed by atoms with Crippen molar-refractivity contribution in [2.45, 2.75) is 6.43 Å². The molecule has 192 valence electrons. The van der Waals surface area contributed by atoms with Crippen LogP contribution < -0.4 is 20.3 Å². The van der Waals surface area contributed by atoms with Crippen LogP contribution in [-0.2, 0) is 4.74 Å². The third kappa shape index (κ3) is 5.02. The Morgan fingerprint density at radius 3 is 2.57 bits per heavy atom. The van der Waals surface area contributed by atoms with Crippen LogP contribution in [0.3, 0.4) is 0 Å². The highest BCUT2D eigenvalue weighted by molar-refractivity contribution is 5.84. The number of aromatic nitrogens is 6. The second kappa shape index (κ2) is 10.1. The van der Waals surface area contributed by atoms with Crippen molar-refractivity contribution < 1.29 is 28.2 Å². The van der Waals surface area contributed by atoms with E-state index in [2.05, 4.69) is 35.6 Å². The van der Waals surface area contributed by atoms with Gasteiger partial charge in [-0.25, -0.2) is 23.5 Å². The molecule has 1 aliphatic heterocycles. The highest BCUT2D eigenvalue weighted by atomic mass is 19.3. The largest absolute Gasteiger partial charge is 0.494 e. The number of nitrogens with zero attached hydrogens (tertiary/aromatic N) is 7. The lowest BCUT2D eigenvalue weighted by Crippen LogP contribution is -2.37. The van der Waals surface area contributed by atoms with Gasteiger partial charge in [-0.1, -0.05) is 6.07 Å². The number of fused-ring (bicyclic) bond motifs is 1. The number of halogens is 2. The van der Waals surface area contributed by atoms with Gasteiger partial charge in [0.05, 0.1) is 37.7 Å². The second-order valence-electron chi connectivity index (χ2n) is 7.78. The van der Waals surface area contributed by atoms with Crippen molar-refractivity contribution in [1.82, 2.24) is 29.5 Å². The van der Waals surface area contributed by atoms with E-state index in [1.54, 1.807) is 24.3 Å². The summed E-state index contributed by atoms with van der Waals surface area (Å²) in [7, 11) is 1.43. The maximum absolute atomic E-state index is 14.1. The van der Waals surface area contributed by atoms with Crippen LogP contribution in [0.2, 0.25) is 0 Å². The lowest BCUT2D eigenvalue weighted by atomic mass is 10.3. The van der Waals surface area contributed by atoms with Gasteiger partial charge in [0.15, 0.2) is 5.82 Å². The minimum atomic E-state index is -2.92. The first kappa shape index (κ1) is 24.1. The molecular weight excluding hydrogens is 492 g/mol. The Hall–Kier alpha value is -4.66. The molecule has 3 aromatic heterocycles. The standard InChI is InChI=1S/C22H21F2N9O4/c1-36-14-4-2-3-13-16(14)28-18(17(23)24)33(13)21-30-19(29-20(31-21)32-7-9-37-10-8-32)26-12-5-6-15(25-11-12)27-22(34)35/h2-6,11,17H,7-10H2,1H3,(H,25,27)(H,34,35)(H,26,29,30,31). The summed E-state index contributed by atoms with van der Waals surface area (Å²) in [5, 5.41) is 14.0. The lowest BCUT2D eigenvalue weighted by molar-refractivity contribution is 0.122. The van der Waals surface area contributed by atoms with Crippen LogP contribution in [0, 0.1) is 0 Å². The third-order valence-corrected chi connectivity index (χ3v) is 5.45. The number of hydrogen-bond acceptors (Lipinski definition) is 10. The highest BCUT2D eigenvalue weighted by Crippen LogP contribution is 2.32. The van der Waals surface area contributed by atoms with Gasteiger partial charge in [-0.2, -0.15) is 15.0 Å². The third-order valence-electron chi connectivity index (χ3n) is 5.45. The van der Waals surface area contributed by atoms with Gasteiger partial charge in [0.2, 0.25) is 17.8 Å². The number of hydrogen-bond donors (Lipinski definition) is 3. The predicted octanol–water partition coefficient (Wildman–Crippen LogP) is 3.22. The minimum Gasteiger partial charge on any atom is -0.494 e. The zero-order chi connectivity index (χ0) is 25.9. The number of amides is 1. The van der Waals surface area contributed by atoms with Gasteiger partial charge >= 0.3 is 6.09 Å². The molecule has 15 heteroatoms. The second-order valence-corrected chi connectivity index (χ2v) is 7.78. The number of anilines is 4. The zero-order valence-corrected chi connectivity index (χ0v) is 19.4. The predicted molar refractivity (Wildman–Crippen MR) is 128 cm³/mol. The Labute approximate surface area is 208 Å². The Bertz CT molecular complexity index is 1430. The Kier molecular flexibility index (Phi) is 6.59. The maximum Gasteiger partial charge on any atom is 0.410 e. The fraction of sp³-hybridized carbons (Fsp3) is 0.273. The van der Waals surface area contributed by atoms with Crippen LogP contribution in [0.1, 0.15) is 12.2 Å². The topological polar surface area (TPSA) is 152 Å². The number of methoxy groups -OCH3 is 1. The summed E-state index contributed by atoms with van der Waals surface area (Å²) in [5.74, 6) is 0.177. The van der Waals surface area contributed by atoms with Crippen LogP contribution in [0.25, 0.3) is 17.0 Å². The van der Waals surface area contributed by atoms with E-state index in [4.69, 9.17) is 14.6 Å². The van der Waals surface area contributed by atoms with E-state index in [1.165, 1.54) is 23.9 Å². The van der Waals surface area contributed by atoms with Crippen molar-refractivity contribution in [3.63, 3.8) is 0 Å². The summed E-state index contributed by atoms with van der Waals surface area (Å²) in [6.45, 7) is 1.92. The van der Waals surface area contributed by atoms with Crippen LogP contribution in [-0.4, -0.2) is 74.1 Å². The molecule has 0 saturated carbocycles. The fourth-order valence-electron chi connectivity index (χ4n) is 3.81. The molecule has 0 atom stereocenters. The molecule has 37 heavy (non-hydrogen) atoms. The van der Waals surface area contributed by atoms with Crippen molar-refractivity contribution in [2.75, 3.05) is 48.9 Å². The normalized spacial score (nSPS) is 13.7. The molecule has 0 aliphatic carbocycles. The van der Waals surface area contributed by atoms with E-state index >= 15 is 0 Å². The molecule has 1 saturated heterocycles. The first-order valence-electron chi connectivity index (χ1n) is 11.1. The van der Waals surface area contributed by atoms with Gasteiger partial charge in [-0.3, -0.25) is 9.88 Å². The number of pyridine rings is 1. The first-order chi connectivity index (χ1) is 17.9. The smallest absolute Gasteiger partial charge is 0.410 e. The number of nitrogens with one attached hydrogen (secondary N) is 2. The maximum atomic E-state index is 14.1. The SMILES string of the molecule is COc1cccc2c1nc(C(F)F)n2-c1nc(Nc2ccc(NC(=O)O)nc2)nc(N2CCOCC2)n1. The summed E-state index contributed by atoms with van der Waals surface area (Å²) >= 11 is 0. The number of carbonyl (C=O) groups is 1. The Balaban J connectivity index is 1.61. The number of carboxylic acid groups (broad SMARTS) is 1. The molecule has 0 spiro atoms. The summed E-state index contributed by atoms with van der Waals surface area (Å²) in [5.41, 5.74) is 1.02. The number of morpholine rings is 1. The molecule has 1 amide bonds. The molecule has 4 heterocycles. The molecule has 1 fully saturated rings. The van der Waals surface area contributed by atoms with E-state index in [-0.39, 0.29) is 29.2 Å². The summed E-state index contributed by atoms with van der Waals surface area (Å²) in [6, 6.07) is 7.94. The van der Waals surface area contributed by atoms with Gasteiger partial charge in [-0.05, 0) is 24.3 Å². The van der Waals surface area contributed by atoms with E-state index in [0.29, 0.717) is 43.3 Å². The van der Waals surface area contributed by atoms with Crippen molar-refractivity contribution >= 4 is 40.5 Å². The molecule has 4 aromatic rings. The minimum absolute atomic E-state index is 0.0669. The molecule has 1 aliphatic rings. The monoisotopic (exact) mass is 513 g/mol. The lowest BCUT2D eigenvalue weighted by Gasteiger charge is -2.27. The van der Waals surface area contributed by atoms with Crippen LogP contribution in [0.15, 0.2) is 36.5 Å². The van der Waals surface area contributed by atoms with E-state index < -0.39 is 18.3 Å². The summed E-state index contributed by atoms with van der Waals surface area (Å²) < 4.78 is 40.1. The number of rotatable bonds is 7. The molecule has 0 bridgehead atoms. The van der Waals surface area contributed by atoms with Crippen molar-refractivity contribution in [2.24, 2.45) is 0 Å². The average molecular weight is 513 g/mol. The molecule has 13 nitrogen and oxygen atoms in total. The number of benzene rings is 1. The van der Waals surface area contributed by atoms with Crippen molar-refractivity contribution in [3.05, 3.63) is 42.4 Å². The molecule has 0 unspecified atom stereocenters. The molecule has 1 aromatic carbocycles. The quantitative estimate of drug-likeness (QED) is 0.334. The van der Waals surface area contributed by atoms with E-state index in [1.807, 2.05) is 4.90 Å². The summed E-state index contributed by atoms with van der Waals surface area (Å²) in [4.78, 5) is 34.2. The van der Waals surface area contributed by atoms with Gasteiger partial charge in [-0.15, -0.1) is 0 Å².